The van der Waals surface area contributed by atoms with Crippen LogP contribution in [0.15, 0.2) is 41.3 Å². The standard InChI is InChI=1S/C27H36N4O3S2.ClH/c1-18-15-19(2)17-30(16-18)36(33,34)23-10-8-22(9-11-23)26(32)31(14-13-29(5)6)27-28-25-21(4)20(3)7-12-24(25)35-27;/h7-12,18-19H,13-17H2,1-6H3;1H. The van der Waals surface area contributed by atoms with Gasteiger partial charge in [-0.1, -0.05) is 31.3 Å². The number of fused-ring (bicyclic) bond motifs is 1. The van der Waals surface area contributed by atoms with Gasteiger partial charge in [0, 0.05) is 31.7 Å². The highest BCUT2D eigenvalue weighted by atomic mass is 35.5. The first kappa shape index (κ1) is 29.5. The van der Waals surface area contributed by atoms with Crippen molar-refractivity contribution in [1.29, 1.82) is 0 Å². The number of rotatable bonds is 7. The summed E-state index contributed by atoms with van der Waals surface area (Å²) in [6.07, 6.45) is 1.03. The molecule has 1 fully saturated rings. The number of sulfonamides is 1. The quantitative estimate of drug-likeness (QED) is 0.394. The van der Waals surface area contributed by atoms with Crippen LogP contribution in [-0.4, -0.2) is 68.8 Å². The maximum Gasteiger partial charge on any atom is 0.260 e. The van der Waals surface area contributed by atoms with Gasteiger partial charge in [-0.25, -0.2) is 13.4 Å². The predicted octanol–water partition coefficient (Wildman–Crippen LogP) is 5.21. The van der Waals surface area contributed by atoms with Crippen molar-refractivity contribution in [3.05, 3.63) is 53.1 Å². The fraction of sp³-hybridized carbons (Fsp3) is 0.481. The van der Waals surface area contributed by atoms with E-state index in [2.05, 4.69) is 39.8 Å². The molecule has 2 heterocycles. The summed E-state index contributed by atoms with van der Waals surface area (Å²) >= 11 is 1.50. The van der Waals surface area contributed by atoms with Crippen molar-refractivity contribution < 1.29 is 13.2 Å². The van der Waals surface area contributed by atoms with E-state index in [0.717, 1.165) is 22.2 Å². The first-order valence-electron chi connectivity index (χ1n) is 12.4. The number of anilines is 1. The molecule has 0 bridgehead atoms. The zero-order valence-corrected chi connectivity index (χ0v) is 24.8. The van der Waals surface area contributed by atoms with Crippen molar-refractivity contribution in [1.82, 2.24) is 14.2 Å². The van der Waals surface area contributed by atoms with Gasteiger partial charge in [0.15, 0.2) is 5.13 Å². The lowest BCUT2D eigenvalue weighted by Gasteiger charge is -2.34. The molecule has 2 atom stereocenters. The number of benzene rings is 2. The number of aryl methyl sites for hydroxylation is 2. The number of thiazole rings is 1. The Hall–Kier alpha value is -2.04. The molecular weight excluding hydrogens is 528 g/mol. The van der Waals surface area contributed by atoms with Crippen molar-refractivity contribution in [2.24, 2.45) is 11.8 Å². The summed E-state index contributed by atoms with van der Waals surface area (Å²) in [6, 6.07) is 10.5. The Balaban J connectivity index is 0.00000380. The zero-order valence-electron chi connectivity index (χ0n) is 22.4. The lowest BCUT2D eigenvalue weighted by atomic mass is 9.94. The Labute approximate surface area is 230 Å². The summed E-state index contributed by atoms with van der Waals surface area (Å²) in [4.78, 5) is 22.4. The van der Waals surface area contributed by atoms with E-state index in [1.807, 2.05) is 19.0 Å². The van der Waals surface area contributed by atoms with E-state index >= 15 is 0 Å². The highest BCUT2D eigenvalue weighted by Gasteiger charge is 2.32. The van der Waals surface area contributed by atoms with E-state index in [-0.39, 0.29) is 23.2 Å². The van der Waals surface area contributed by atoms with E-state index in [1.54, 1.807) is 33.5 Å². The fourth-order valence-electron chi connectivity index (χ4n) is 4.79. The Morgan fingerprint density at radius 1 is 1.03 bits per heavy atom. The van der Waals surface area contributed by atoms with Gasteiger partial charge in [-0.05, 0) is 87.7 Å². The highest BCUT2D eigenvalue weighted by Crippen LogP contribution is 2.33. The number of halogens is 1. The van der Waals surface area contributed by atoms with E-state index in [0.29, 0.717) is 48.7 Å². The number of likely N-dealkylation sites (N-methyl/N-ethyl adjacent to an activating group) is 1. The van der Waals surface area contributed by atoms with Crippen LogP contribution in [0.4, 0.5) is 5.13 Å². The largest absolute Gasteiger partial charge is 0.308 e. The van der Waals surface area contributed by atoms with Gasteiger partial charge in [0.25, 0.3) is 5.91 Å². The highest BCUT2D eigenvalue weighted by molar-refractivity contribution is 7.89. The van der Waals surface area contributed by atoms with Crippen molar-refractivity contribution in [3.63, 3.8) is 0 Å². The minimum absolute atomic E-state index is 0. The fourth-order valence-corrected chi connectivity index (χ4v) is 7.52. The van der Waals surface area contributed by atoms with Crippen LogP contribution in [0.3, 0.4) is 0 Å². The van der Waals surface area contributed by atoms with Crippen LogP contribution in [0.2, 0.25) is 0 Å². The monoisotopic (exact) mass is 564 g/mol. The van der Waals surface area contributed by atoms with Crippen LogP contribution in [0.5, 0.6) is 0 Å². The molecule has 2 aromatic carbocycles. The van der Waals surface area contributed by atoms with E-state index in [1.165, 1.54) is 16.9 Å². The molecule has 202 valence electrons. The summed E-state index contributed by atoms with van der Waals surface area (Å²) in [5.74, 6) is 0.473. The van der Waals surface area contributed by atoms with Crippen LogP contribution in [0.1, 0.15) is 41.8 Å². The van der Waals surface area contributed by atoms with Crippen LogP contribution in [0.25, 0.3) is 10.2 Å². The second kappa shape index (κ2) is 11.8. The number of piperidine rings is 1. The summed E-state index contributed by atoms with van der Waals surface area (Å²) < 4.78 is 29.2. The summed E-state index contributed by atoms with van der Waals surface area (Å²) in [5.41, 5.74) is 3.65. The maximum atomic E-state index is 13.6. The van der Waals surface area contributed by atoms with Gasteiger partial charge >= 0.3 is 0 Å². The van der Waals surface area contributed by atoms with Gasteiger partial charge < -0.3 is 4.90 Å². The normalized spacial score (nSPS) is 18.7. The molecule has 1 aliphatic rings. The average molecular weight is 565 g/mol. The Morgan fingerprint density at radius 2 is 1.65 bits per heavy atom. The molecule has 0 spiro atoms. The molecule has 2 unspecified atom stereocenters. The second-order valence-electron chi connectivity index (χ2n) is 10.4. The molecule has 1 aromatic heterocycles. The number of nitrogens with zero attached hydrogens (tertiary/aromatic N) is 4. The Bertz CT molecular complexity index is 1350. The minimum Gasteiger partial charge on any atom is -0.308 e. The molecule has 0 saturated carbocycles. The van der Waals surface area contributed by atoms with Crippen LogP contribution < -0.4 is 4.90 Å². The minimum atomic E-state index is -3.60. The van der Waals surface area contributed by atoms with Gasteiger partial charge in [-0.2, -0.15) is 4.31 Å². The predicted molar refractivity (Wildman–Crippen MR) is 155 cm³/mol. The summed E-state index contributed by atoms with van der Waals surface area (Å²) in [5, 5.41) is 0.651. The molecule has 7 nitrogen and oxygen atoms in total. The number of carbonyl (C=O) groups excluding carboxylic acids is 1. The number of amides is 1. The molecule has 3 aromatic rings. The number of aromatic nitrogens is 1. The third-order valence-corrected chi connectivity index (χ3v) is 9.78. The lowest BCUT2D eigenvalue weighted by molar-refractivity contribution is 0.0985. The number of hydrogen-bond donors (Lipinski definition) is 0. The van der Waals surface area contributed by atoms with Gasteiger partial charge in [0.2, 0.25) is 10.0 Å². The molecule has 4 rings (SSSR count). The van der Waals surface area contributed by atoms with Crippen molar-refractivity contribution in [2.75, 3.05) is 45.2 Å². The van der Waals surface area contributed by atoms with Crippen LogP contribution >= 0.6 is 23.7 Å². The molecule has 0 radical (unpaired) electrons. The molecule has 1 saturated heterocycles. The van der Waals surface area contributed by atoms with Gasteiger partial charge in [0.05, 0.1) is 15.1 Å². The van der Waals surface area contributed by atoms with Gasteiger partial charge in [-0.15, -0.1) is 12.4 Å². The third-order valence-electron chi connectivity index (χ3n) is 6.89. The van der Waals surface area contributed by atoms with Crippen LogP contribution in [-0.2, 0) is 10.0 Å². The molecule has 0 N–H and O–H groups in total. The molecule has 10 heteroatoms. The van der Waals surface area contributed by atoms with Crippen molar-refractivity contribution in [3.8, 4) is 0 Å². The topological polar surface area (TPSA) is 73.8 Å². The number of hydrogen-bond acceptors (Lipinski definition) is 6. The smallest absolute Gasteiger partial charge is 0.260 e. The zero-order chi connectivity index (χ0) is 26.2. The van der Waals surface area contributed by atoms with E-state index in [9.17, 15) is 13.2 Å². The SMILES string of the molecule is Cc1ccc2sc(N(CCN(C)C)C(=O)c3ccc(S(=O)(=O)N4CC(C)CC(C)C4)cc3)nc2c1C.Cl. The lowest BCUT2D eigenvalue weighted by Crippen LogP contribution is -2.42. The Kier molecular flexibility index (Phi) is 9.40. The second-order valence-corrected chi connectivity index (χ2v) is 13.4. The summed E-state index contributed by atoms with van der Waals surface area (Å²) in [6.45, 7) is 10.5. The number of carbonyl (C=O) groups is 1. The first-order valence-corrected chi connectivity index (χ1v) is 14.7. The molecule has 37 heavy (non-hydrogen) atoms. The maximum absolute atomic E-state index is 13.6. The van der Waals surface area contributed by atoms with Crippen molar-refractivity contribution in [2.45, 2.75) is 39.0 Å². The summed E-state index contributed by atoms with van der Waals surface area (Å²) in [7, 11) is 0.339. The van der Waals surface area contributed by atoms with E-state index < -0.39 is 10.0 Å². The van der Waals surface area contributed by atoms with Crippen LogP contribution in [0, 0.1) is 25.7 Å². The first-order chi connectivity index (χ1) is 17.0. The average Bonchev–Trinajstić information content (AvgIpc) is 3.25. The van der Waals surface area contributed by atoms with Crippen molar-refractivity contribution >= 4 is 55.0 Å². The molecule has 0 aliphatic carbocycles. The Morgan fingerprint density at radius 3 is 2.24 bits per heavy atom. The van der Waals surface area contributed by atoms with Gasteiger partial charge in [-0.3, -0.25) is 9.69 Å². The molecule has 1 aliphatic heterocycles. The van der Waals surface area contributed by atoms with E-state index in [4.69, 9.17) is 4.98 Å². The molecule has 1 amide bonds. The molecular formula is C27H37ClN4O3S2. The third kappa shape index (κ3) is 6.34. The van der Waals surface area contributed by atoms with Gasteiger partial charge in [0.1, 0.15) is 0 Å².